The van der Waals surface area contributed by atoms with Gasteiger partial charge in [-0.15, -0.1) is 0 Å². The molecule has 1 amide bonds. The smallest absolute Gasteiger partial charge is 0.282 e. The summed E-state index contributed by atoms with van der Waals surface area (Å²) in [6, 6.07) is 15.3. The van der Waals surface area contributed by atoms with Crippen molar-refractivity contribution in [1.82, 2.24) is 0 Å². The average molecular weight is 399 g/mol. The molecule has 0 aliphatic carbocycles. The SMILES string of the molecule is C[C@H](C(=O)Nc1ccc2c(c1)OCO2)[NH+]1CC[NH+](CCOc2ccccc2)CC1. The number of rotatable bonds is 7. The van der Waals surface area contributed by atoms with Crippen LogP contribution in [-0.4, -0.2) is 58.1 Å². The van der Waals surface area contributed by atoms with Gasteiger partial charge in [-0.3, -0.25) is 4.79 Å². The lowest BCUT2D eigenvalue weighted by Crippen LogP contribution is -3.30. The summed E-state index contributed by atoms with van der Waals surface area (Å²) in [6.45, 7) is 8.00. The van der Waals surface area contributed by atoms with E-state index in [2.05, 4.69) is 5.32 Å². The van der Waals surface area contributed by atoms with Crippen molar-refractivity contribution in [2.24, 2.45) is 0 Å². The van der Waals surface area contributed by atoms with Crippen LogP contribution in [0.4, 0.5) is 5.69 Å². The summed E-state index contributed by atoms with van der Waals surface area (Å²) < 4.78 is 16.5. The standard InChI is InChI=1S/C22H27N3O4/c1-17(22(26)23-18-7-8-20-21(15-18)29-16-28-20)25-11-9-24(10-12-25)13-14-27-19-5-3-2-4-6-19/h2-8,15,17H,9-14,16H2,1H3,(H,23,26)/p+2/t17-/m1/s1. The second-order valence-electron chi connectivity index (χ2n) is 7.60. The molecule has 29 heavy (non-hydrogen) atoms. The number of carbonyl (C=O) groups is 1. The van der Waals surface area contributed by atoms with E-state index in [4.69, 9.17) is 14.2 Å². The number of benzene rings is 2. The van der Waals surface area contributed by atoms with E-state index < -0.39 is 0 Å². The van der Waals surface area contributed by atoms with Crippen LogP contribution < -0.4 is 29.3 Å². The Bertz CT molecular complexity index is 822. The number of para-hydroxylation sites is 1. The lowest BCUT2D eigenvalue weighted by Gasteiger charge is -2.32. The van der Waals surface area contributed by atoms with Crippen LogP contribution >= 0.6 is 0 Å². The average Bonchev–Trinajstić information content (AvgIpc) is 3.22. The third kappa shape index (κ3) is 4.99. The molecule has 0 unspecified atom stereocenters. The zero-order valence-electron chi connectivity index (χ0n) is 16.8. The molecule has 2 aliphatic heterocycles. The first-order valence-corrected chi connectivity index (χ1v) is 10.3. The maximum atomic E-state index is 12.7. The molecule has 7 nitrogen and oxygen atoms in total. The molecule has 3 N–H and O–H groups in total. The largest absolute Gasteiger partial charge is 0.488 e. The maximum Gasteiger partial charge on any atom is 0.282 e. The third-order valence-corrected chi connectivity index (χ3v) is 5.71. The molecule has 2 aliphatic rings. The molecule has 1 fully saturated rings. The number of carbonyl (C=O) groups excluding carboxylic acids is 1. The van der Waals surface area contributed by atoms with Gasteiger partial charge in [0.1, 0.15) is 45.1 Å². The van der Waals surface area contributed by atoms with Gasteiger partial charge in [-0.05, 0) is 31.2 Å². The molecule has 1 atom stereocenters. The molecule has 2 aromatic carbocycles. The summed E-state index contributed by atoms with van der Waals surface area (Å²) >= 11 is 0. The van der Waals surface area contributed by atoms with Crippen LogP contribution in [0.15, 0.2) is 48.5 Å². The normalized spacial score (nSPS) is 21.4. The first-order valence-electron chi connectivity index (χ1n) is 10.3. The van der Waals surface area contributed by atoms with Crippen molar-refractivity contribution in [1.29, 1.82) is 0 Å². The van der Waals surface area contributed by atoms with Crippen LogP contribution in [0.5, 0.6) is 17.2 Å². The Kier molecular flexibility index (Phi) is 6.17. The Morgan fingerprint density at radius 2 is 1.83 bits per heavy atom. The topological polar surface area (TPSA) is 65.7 Å². The van der Waals surface area contributed by atoms with E-state index in [-0.39, 0.29) is 18.7 Å². The van der Waals surface area contributed by atoms with E-state index >= 15 is 0 Å². The predicted octanol–water partition coefficient (Wildman–Crippen LogP) is -0.395. The fourth-order valence-electron chi connectivity index (χ4n) is 3.85. The number of nitrogens with one attached hydrogen (secondary N) is 3. The zero-order valence-corrected chi connectivity index (χ0v) is 16.8. The van der Waals surface area contributed by atoms with Crippen molar-refractivity contribution in [2.45, 2.75) is 13.0 Å². The van der Waals surface area contributed by atoms with E-state index in [0.29, 0.717) is 5.75 Å². The highest BCUT2D eigenvalue weighted by Gasteiger charge is 2.31. The van der Waals surface area contributed by atoms with Gasteiger partial charge < -0.3 is 29.3 Å². The Balaban J connectivity index is 1.20. The first kappa shape index (κ1) is 19.5. The number of fused-ring (bicyclic) bond motifs is 1. The number of amides is 1. The highest BCUT2D eigenvalue weighted by Crippen LogP contribution is 2.34. The van der Waals surface area contributed by atoms with E-state index in [1.54, 1.807) is 0 Å². The van der Waals surface area contributed by atoms with Gasteiger partial charge in [-0.25, -0.2) is 0 Å². The third-order valence-electron chi connectivity index (χ3n) is 5.71. The molecule has 7 heteroatoms. The molecular weight excluding hydrogens is 370 g/mol. The minimum absolute atomic E-state index is 0.0368. The van der Waals surface area contributed by atoms with Gasteiger partial charge in [0.05, 0.1) is 0 Å². The Hall–Kier alpha value is -2.77. The van der Waals surface area contributed by atoms with Crippen LogP contribution in [0.2, 0.25) is 0 Å². The number of ether oxygens (including phenoxy) is 3. The van der Waals surface area contributed by atoms with Crippen LogP contribution in [0.1, 0.15) is 6.92 Å². The summed E-state index contributed by atoms with van der Waals surface area (Å²) in [6.07, 6.45) is 0. The molecule has 0 aromatic heterocycles. The van der Waals surface area contributed by atoms with Crippen LogP contribution in [-0.2, 0) is 4.79 Å². The second-order valence-corrected chi connectivity index (χ2v) is 7.60. The van der Waals surface area contributed by atoms with Crippen molar-refractivity contribution in [3.05, 3.63) is 48.5 Å². The maximum absolute atomic E-state index is 12.7. The highest BCUT2D eigenvalue weighted by molar-refractivity contribution is 5.93. The van der Waals surface area contributed by atoms with E-state index in [1.165, 1.54) is 9.80 Å². The minimum Gasteiger partial charge on any atom is -0.488 e. The molecule has 2 aromatic rings. The Morgan fingerprint density at radius 3 is 2.62 bits per heavy atom. The fraction of sp³-hybridized carbons (Fsp3) is 0.409. The molecule has 154 valence electrons. The fourth-order valence-corrected chi connectivity index (χ4v) is 3.85. The van der Waals surface area contributed by atoms with E-state index in [9.17, 15) is 4.79 Å². The summed E-state index contributed by atoms with van der Waals surface area (Å²) in [5, 5.41) is 3.01. The summed E-state index contributed by atoms with van der Waals surface area (Å²) in [7, 11) is 0. The number of piperazine rings is 1. The number of quaternary nitrogens is 2. The van der Waals surface area contributed by atoms with Gasteiger partial charge in [0, 0.05) is 11.8 Å². The van der Waals surface area contributed by atoms with E-state index in [1.807, 2.05) is 55.5 Å². The lowest BCUT2D eigenvalue weighted by atomic mass is 10.2. The van der Waals surface area contributed by atoms with Gasteiger partial charge in [-0.2, -0.15) is 0 Å². The van der Waals surface area contributed by atoms with Gasteiger partial charge >= 0.3 is 0 Å². The summed E-state index contributed by atoms with van der Waals surface area (Å²) in [4.78, 5) is 15.6. The molecular formula is C22H29N3O4+2. The molecule has 0 saturated carbocycles. The van der Waals surface area contributed by atoms with Crippen LogP contribution in [0.25, 0.3) is 0 Å². The first-order chi connectivity index (χ1) is 14.2. The van der Waals surface area contributed by atoms with Crippen molar-refractivity contribution >= 4 is 11.6 Å². The monoisotopic (exact) mass is 399 g/mol. The van der Waals surface area contributed by atoms with Crippen LogP contribution in [0.3, 0.4) is 0 Å². The number of hydrogen-bond donors (Lipinski definition) is 3. The molecule has 4 rings (SSSR count). The molecule has 0 spiro atoms. The highest BCUT2D eigenvalue weighted by atomic mass is 16.7. The zero-order chi connectivity index (χ0) is 20.1. The van der Waals surface area contributed by atoms with Crippen molar-refractivity contribution in [3.8, 4) is 17.2 Å². The van der Waals surface area contributed by atoms with Gasteiger partial charge in [-0.1, -0.05) is 18.2 Å². The van der Waals surface area contributed by atoms with Crippen LogP contribution in [0, 0.1) is 0 Å². The van der Waals surface area contributed by atoms with Crippen molar-refractivity contribution < 1.29 is 28.8 Å². The Labute approximate surface area is 171 Å². The van der Waals surface area contributed by atoms with Gasteiger partial charge in [0.25, 0.3) is 5.91 Å². The molecule has 0 bridgehead atoms. The minimum atomic E-state index is -0.0949. The Morgan fingerprint density at radius 1 is 1.07 bits per heavy atom. The summed E-state index contributed by atoms with van der Waals surface area (Å²) in [5.74, 6) is 2.36. The molecule has 0 radical (unpaired) electrons. The summed E-state index contributed by atoms with van der Waals surface area (Å²) in [5.41, 5.74) is 0.743. The van der Waals surface area contributed by atoms with Crippen molar-refractivity contribution in [2.75, 3.05) is 51.4 Å². The van der Waals surface area contributed by atoms with Gasteiger partial charge in [0.2, 0.25) is 6.79 Å². The van der Waals surface area contributed by atoms with Crippen molar-refractivity contribution in [3.63, 3.8) is 0 Å². The van der Waals surface area contributed by atoms with Gasteiger partial charge in [0.15, 0.2) is 17.5 Å². The molecule has 2 heterocycles. The quantitative estimate of drug-likeness (QED) is 0.593. The predicted molar refractivity (Wildman–Crippen MR) is 109 cm³/mol. The number of anilines is 1. The van der Waals surface area contributed by atoms with E-state index in [0.717, 1.165) is 56.5 Å². The molecule has 1 saturated heterocycles. The lowest BCUT2D eigenvalue weighted by molar-refractivity contribution is -1.02. The second kappa shape index (κ2) is 9.15. The number of hydrogen-bond acceptors (Lipinski definition) is 4.